The van der Waals surface area contributed by atoms with Crippen LogP contribution in [-0.4, -0.2) is 42.3 Å². The third kappa shape index (κ3) is 3.95. The van der Waals surface area contributed by atoms with E-state index in [2.05, 4.69) is 24.1 Å². The Morgan fingerprint density at radius 1 is 1.30 bits per heavy atom. The Hall–Kier alpha value is -0.610. The molecule has 1 aliphatic carbocycles. The Labute approximate surface area is 123 Å². The molecule has 1 saturated heterocycles. The maximum absolute atomic E-state index is 12.3. The van der Waals surface area contributed by atoms with Crippen LogP contribution in [0.15, 0.2) is 0 Å². The van der Waals surface area contributed by atoms with E-state index in [1.807, 2.05) is 6.92 Å². The van der Waals surface area contributed by atoms with Gasteiger partial charge in [0.25, 0.3) is 0 Å². The SMILES string of the molecule is CC(C)OCCCCN1C(=O)C(C)NC1C1CCCC1. The third-order valence-corrected chi connectivity index (χ3v) is 4.50. The van der Waals surface area contributed by atoms with Crippen LogP contribution in [0.2, 0.25) is 0 Å². The molecule has 1 N–H and O–H groups in total. The van der Waals surface area contributed by atoms with Crippen molar-refractivity contribution in [3.63, 3.8) is 0 Å². The van der Waals surface area contributed by atoms with Crippen molar-refractivity contribution in [2.45, 2.75) is 77.6 Å². The van der Waals surface area contributed by atoms with Crippen molar-refractivity contribution >= 4 is 5.91 Å². The first kappa shape index (κ1) is 15.8. The molecule has 2 unspecified atom stereocenters. The van der Waals surface area contributed by atoms with Gasteiger partial charge < -0.3 is 9.64 Å². The van der Waals surface area contributed by atoms with E-state index < -0.39 is 0 Å². The smallest absolute Gasteiger partial charge is 0.240 e. The van der Waals surface area contributed by atoms with Crippen molar-refractivity contribution in [1.29, 1.82) is 0 Å². The summed E-state index contributed by atoms with van der Waals surface area (Å²) in [6, 6.07) is -0.00693. The topological polar surface area (TPSA) is 41.6 Å². The van der Waals surface area contributed by atoms with Gasteiger partial charge in [-0.25, -0.2) is 0 Å². The van der Waals surface area contributed by atoms with E-state index >= 15 is 0 Å². The first-order valence-electron chi connectivity index (χ1n) is 8.27. The third-order valence-electron chi connectivity index (χ3n) is 4.50. The predicted octanol–water partition coefficient (Wildman–Crippen LogP) is 2.53. The van der Waals surface area contributed by atoms with Crippen LogP contribution in [-0.2, 0) is 9.53 Å². The highest BCUT2D eigenvalue weighted by Crippen LogP contribution is 2.32. The number of amides is 1. The summed E-state index contributed by atoms with van der Waals surface area (Å²) in [7, 11) is 0. The number of carbonyl (C=O) groups excluding carboxylic acids is 1. The van der Waals surface area contributed by atoms with Gasteiger partial charge in [0.15, 0.2) is 0 Å². The van der Waals surface area contributed by atoms with Crippen LogP contribution in [0, 0.1) is 5.92 Å². The van der Waals surface area contributed by atoms with Gasteiger partial charge in [0.2, 0.25) is 5.91 Å². The molecule has 0 aromatic heterocycles. The summed E-state index contributed by atoms with van der Waals surface area (Å²) >= 11 is 0. The van der Waals surface area contributed by atoms with Crippen molar-refractivity contribution in [3.05, 3.63) is 0 Å². The zero-order chi connectivity index (χ0) is 14.5. The van der Waals surface area contributed by atoms with Crippen LogP contribution in [0.3, 0.4) is 0 Å². The minimum Gasteiger partial charge on any atom is -0.379 e. The van der Waals surface area contributed by atoms with Crippen LogP contribution in [0.1, 0.15) is 59.3 Å². The van der Waals surface area contributed by atoms with Crippen molar-refractivity contribution < 1.29 is 9.53 Å². The highest BCUT2D eigenvalue weighted by atomic mass is 16.5. The minimum atomic E-state index is -0.00693. The second-order valence-electron chi connectivity index (χ2n) is 6.54. The molecule has 2 fully saturated rings. The molecule has 2 aliphatic rings. The van der Waals surface area contributed by atoms with E-state index in [-0.39, 0.29) is 18.1 Å². The van der Waals surface area contributed by atoms with Gasteiger partial charge in [-0.2, -0.15) is 0 Å². The molecule has 1 saturated carbocycles. The maximum atomic E-state index is 12.3. The summed E-state index contributed by atoms with van der Waals surface area (Å²) in [5, 5.41) is 3.50. The van der Waals surface area contributed by atoms with E-state index in [0.717, 1.165) is 26.0 Å². The van der Waals surface area contributed by atoms with Crippen molar-refractivity contribution in [2.75, 3.05) is 13.2 Å². The summed E-state index contributed by atoms with van der Waals surface area (Å²) in [6.45, 7) is 7.79. The lowest BCUT2D eigenvalue weighted by Crippen LogP contribution is -2.43. The molecule has 1 heterocycles. The Kier molecular flexibility index (Phi) is 5.85. The lowest BCUT2D eigenvalue weighted by molar-refractivity contribution is -0.130. The van der Waals surface area contributed by atoms with Gasteiger partial charge in [0.1, 0.15) is 0 Å². The molecule has 20 heavy (non-hydrogen) atoms. The highest BCUT2D eigenvalue weighted by Gasteiger charge is 2.40. The Morgan fingerprint density at radius 3 is 2.65 bits per heavy atom. The minimum absolute atomic E-state index is 0.00693. The lowest BCUT2D eigenvalue weighted by atomic mass is 10.0. The molecule has 0 bridgehead atoms. The largest absolute Gasteiger partial charge is 0.379 e. The van der Waals surface area contributed by atoms with Gasteiger partial charge >= 0.3 is 0 Å². The number of ether oxygens (including phenoxy) is 1. The van der Waals surface area contributed by atoms with Crippen molar-refractivity contribution in [1.82, 2.24) is 10.2 Å². The number of nitrogens with one attached hydrogen (secondary N) is 1. The molecule has 2 rings (SSSR count). The molecule has 0 spiro atoms. The second kappa shape index (κ2) is 7.41. The zero-order valence-electron chi connectivity index (χ0n) is 13.2. The van der Waals surface area contributed by atoms with E-state index in [4.69, 9.17) is 4.74 Å². The van der Waals surface area contributed by atoms with Gasteiger partial charge in [-0.3, -0.25) is 10.1 Å². The molecule has 2 atom stereocenters. The van der Waals surface area contributed by atoms with Crippen LogP contribution in [0.4, 0.5) is 0 Å². The highest BCUT2D eigenvalue weighted by molar-refractivity contribution is 5.83. The van der Waals surface area contributed by atoms with Crippen LogP contribution >= 0.6 is 0 Å². The van der Waals surface area contributed by atoms with Crippen LogP contribution < -0.4 is 5.32 Å². The Balaban J connectivity index is 1.78. The van der Waals surface area contributed by atoms with E-state index in [1.54, 1.807) is 0 Å². The molecule has 0 radical (unpaired) electrons. The summed E-state index contributed by atoms with van der Waals surface area (Å²) < 4.78 is 5.56. The predicted molar refractivity (Wildman–Crippen MR) is 80.4 cm³/mol. The fraction of sp³-hybridized carbons (Fsp3) is 0.938. The second-order valence-corrected chi connectivity index (χ2v) is 6.54. The summed E-state index contributed by atoms with van der Waals surface area (Å²) in [5.41, 5.74) is 0. The molecule has 0 aromatic rings. The number of carbonyl (C=O) groups is 1. The van der Waals surface area contributed by atoms with E-state index in [1.165, 1.54) is 25.7 Å². The van der Waals surface area contributed by atoms with Crippen molar-refractivity contribution in [2.24, 2.45) is 5.92 Å². The molecular weight excluding hydrogens is 252 g/mol. The number of nitrogens with zero attached hydrogens (tertiary/aromatic N) is 1. The first-order chi connectivity index (χ1) is 9.59. The molecule has 4 nitrogen and oxygen atoms in total. The Bertz CT molecular complexity index is 314. The number of rotatable bonds is 7. The van der Waals surface area contributed by atoms with Crippen LogP contribution in [0.25, 0.3) is 0 Å². The standard InChI is InChI=1S/C16H30N2O2/c1-12(2)20-11-7-6-10-18-15(14-8-4-5-9-14)17-13(3)16(18)19/h12-15,17H,4-11H2,1-3H3. The summed E-state index contributed by atoms with van der Waals surface area (Å²) in [6.07, 6.45) is 7.84. The number of hydrogen-bond donors (Lipinski definition) is 1. The normalized spacial score (nSPS) is 28.0. The van der Waals surface area contributed by atoms with Gasteiger partial charge in [-0.15, -0.1) is 0 Å². The first-order valence-corrected chi connectivity index (χ1v) is 8.27. The van der Waals surface area contributed by atoms with Gasteiger partial charge in [0, 0.05) is 13.2 Å². The number of unbranched alkanes of at least 4 members (excludes halogenated alkanes) is 1. The summed E-state index contributed by atoms with van der Waals surface area (Å²) in [4.78, 5) is 14.4. The van der Waals surface area contributed by atoms with E-state index in [9.17, 15) is 4.79 Å². The fourth-order valence-corrected chi connectivity index (χ4v) is 3.42. The molecule has 1 aliphatic heterocycles. The molecule has 1 amide bonds. The van der Waals surface area contributed by atoms with Gasteiger partial charge in [0.05, 0.1) is 18.3 Å². The zero-order valence-corrected chi connectivity index (χ0v) is 13.2. The maximum Gasteiger partial charge on any atom is 0.240 e. The van der Waals surface area contributed by atoms with Gasteiger partial charge in [-0.1, -0.05) is 12.8 Å². The molecule has 0 aromatic carbocycles. The molecule has 116 valence electrons. The number of hydrogen-bond acceptors (Lipinski definition) is 3. The van der Waals surface area contributed by atoms with Gasteiger partial charge in [-0.05, 0) is 52.4 Å². The summed E-state index contributed by atoms with van der Waals surface area (Å²) in [5.74, 6) is 0.947. The molecular formula is C16H30N2O2. The van der Waals surface area contributed by atoms with Crippen molar-refractivity contribution in [3.8, 4) is 0 Å². The average Bonchev–Trinajstić information content (AvgIpc) is 3.01. The average molecular weight is 282 g/mol. The quantitative estimate of drug-likeness (QED) is 0.730. The van der Waals surface area contributed by atoms with Crippen LogP contribution in [0.5, 0.6) is 0 Å². The molecule has 4 heteroatoms. The lowest BCUT2D eigenvalue weighted by Gasteiger charge is -2.29. The monoisotopic (exact) mass is 282 g/mol. The Morgan fingerprint density at radius 2 is 2.00 bits per heavy atom. The van der Waals surface area contributed by atoms with E-state index in [0.29, 0.717) is 12.0 Å². The fourth-order valence-electron chi connectivity index (χ4n) is 3.42.